The Hall–Kier alpha value is -6.06. The number of esters is 1. The predicted octanol–water partition coefficient (Wildman–Crippen LogP) is 5.87. The van der Waals surface area contributed by atoms with Gasteiger partial charge < -0.3 is 34.7 Å². The standard InChI is InChI=1S/C50H63N7O8/c1-9-42(64-8)35-15-17-51-26-38(35)44-37-25-50(5,6)28-65-49(63)40-12-11-18-57(54-40)48(62)41(22-30-20-33(23-34(58)21-30)31-13-14-39(52-44)36(37)24-31)53-46(60)45(29(3)4)55(7)47(61)32-16-19-56(27-32)43(59)10-2/h10,13-15,17,20-21,23-24,26,29,32,40-42,45,52,54,58H,2,9,11-12,16,18-19,22,25,27-28H2,1,3-8H3,(H,53,60)/t32-,40-,41-,42-,45-/m0/s1. The number of cyclic esters (lactones) is 1. The van der Waals surface area contributed by atoms with Crippen molar-refractivity contribution in [3.8, 4) is 28.1 Å². The summed E-state index contributed by atoms with van der Waals surface area (Å²) in [5.74, 6) is -2.88. The number of likely N-dealkylation sites (tertiary alicyclic amines) is 1. The molecule has 0 saturated carbocycles. The van der Waals surface area contributed by atoms with Gasteiger partial charge in [-0.25, -0.2) is 5.43 Å². The summed E-state index contributed by atoms with van der Waals surface area (Å²) in [6, 6.07) is 10.3. The monoisotopic (exact) mass is 889 g/mol. The van der Waals surface area contributed by atoms with Gasteiger partial charge >= 0.3 is 5.97 Å². The largest absolute Gasteiger partial charge is 0.508 e. The summed E-state index contributed by atoms with van der Waals surface area (Å²) in [4.78, 5) is 80.4. The van der Waals surface area contributed by atoms with Crippen molar-refractivity contribution in [2.75, 3.05) is 40.4 Å². The lowest BCUT2D eigenvalue weighted by atomic mass is 9.83. The highest BCUT2D eigenvalue weighted by Crippen LogP contribution is 2.41. The van der Waals surface area contributed by atoms with E-state index in [1.807, 2.05) is 44.3 Å². The summed E-state index contributed by atoms with van der Waals surface area (Å²) >= 11 is 0. The molecule has 7 rings (SSSR count). The lowest BCUT2D eigenvalue weighted by molar-refractivity contribution is -0.155. The highest BCUT2D eigenvalue weighted by Gasteiger charge is 2.40. The second kappa shape index (κ2) is 19.6. The fourth-order valence-corrected chi connectivity index (χ4v) is 9.74. The number of benzene rings is 2. The molecule has 0 unspecified atom stereocenters. The molecule has 15 heteroatoms. The number of carbonyl (C=O) groups is 5. The number of aromatic nitrogens is 2. The van der Waals surface area contributed by atoms with Crippen LogP contribution in [0.25, 0.3) is 33.3 Å². The number of aromatic hydroxyl groups is 1. The molecule has 346 valence electrons. The van der Waals surface area contributed by atoms with Crippen LogP contribution in [-0.2, 0) is 46.3 Å². The van der Waals surface area contributed by atoms with Gasteiger partial charge in [-0.1, -0.05) is 53.3 Å². The van der Waals surface area contributed by atoms with Crippen molar-refractivity contribution in [2.24, 2.45) is 17.3 Å². The predicted molar refractivity (Wildman–Crippen MR) is 247 cm³/mol. The van der Waals surface area contributed by atoms with E-state index in [1.54, 1.807) is 37.4 Å². The van der Waals surface area contributed by atoms with Crippen LogP contribution in [0.3, 0.4) is 0 Å². The van der Waals surface area contributed by atoms with Gasteiger partial charge in [0.2, 0.25) is 17.7 Å². The quantitative estimate of drug-likeness (QED) is 0.111. The van der Waals surface area contributed by atoms with E-state index in [1.165, 1.54) is 16.0 Å². The molecule has 3 aliphatic rings. The molecule has 4 N–H and O–H groups in total. The first-order chi connectivity index (χ1) is 31.0. The average molecular weight is 890 g/mol. The molecule has 2 aromatic heterocycles. The van der Waals surface area contributed by atoms with E-state index in [-0.39, 0.29) is 55.7 Å². The van der Waals surface area contributed by atoms with Gasteiger partial charge in [0.1, 0.15) is 23.9 Å². The Bertz CT molecular complexity index is 2460. The van der Waals surface area contributed by atoms with Crippen molar-refractivity contribution in [2.45, 2.75) is 97.4 Å². The number of hydrogen-bond donors (Lipinski definition) is 4. The number of fused-ring (bicyclic) bond motifs is 6. The Balaban J connectivity index is 1.28. The number of rotatable bonds is 10. The fourth-order valence-electron chi connectivity index (χ4n) is 9.74. The Morgan fingerprint density at radius 1 is 1.11 bits per heavy atom. The van der Waals surface area contributed by atoms with Gasteiger partial charge in [-0.3, -0.25) is 34.0 Å². The number of pyridine rings is 1. The van der Waals surface area contributed by atoms with Crippen molar-refractivity contribution >= 4 is 40.5 Å². The maximum Gasteiger partial charge on any atom is 0.324 e. The third-order valence-electron chi connectivity index (χ3n) is 13.1. The van der Waals surface area contributed by atoms with Crippen molar-refractivity contribution in [1.29, 1.82) is 0 Å². The molecule has 0 radical (unpaired) electrons. The molecular formula is C50H63N7O8. The van der Waals surface area contributed by atoms with E-state index in [9.17, 15) is 29.1 Å². The van der Waals surface area contributed by atoms with Crippen molar-refractivity contribution < 1.29 is 38.6 Å². The van der Waals surface area contributed by atoms with Gasteiger partial charge in [0.15, 0.2) is 0 Å². The number of phenols is 1. The van der Waals surface area contributed by atoms with Crippen LogP contribution >= 0.6 is 0 Å². The zero-order chi connectivity index (χ0) is 46.7. The third kappa shape index (κ3) is 10.1. The minimum Gasteiger partial charge on any atom is -0.508 e. The van der Waals surface area contributed by atoms with Gasteiger partial charge in [-0.2, -0.15) is 0 Å². The van der Waals surface area contributed by atoms with Crippen LogP contribution in [-0.4, -0.2) is 118 Å². The maximum atomic E-state index is 14.7. The summed E-state index contributed by atoms with van der Waals surface area (Å²) in [5.41, 5.74) is 9.37. The fraction of sp³-hybridized carbons (Fsp3) is 0.480. The van der Waals surface area contributed by atoms with Gasteiger partial charge in [0.25, 0.3) is 5.91 Å². The molecule has 15 nitrogen and oxygen atoms in total. The summed E-state index contributed by atoms with van der Waals surface area (Å²) in [6.07, 6.45) is 7.35. The summed E-state index contributed by atoms with van der Waals surface area (Å²) in [7, 11) is 3.28. The molecular weight excluding hydrogens is 827 g/mol. The third-order valence-corrected chi connectivity index (χ3v) is 13.1. The lowest BCUT2D eigenvalue weighted by Crippen LogP contribution is -2.62. The number of likely N-dealkylation sites (N-methyl/N-ethyl adjacent to an activating group) is 1. The van der Waals surface area contributed by atoms with E-state index in [2.05, 4.69) is 54.1 Å². The number of H-pyrrole nitrogens is 1. The molecule has 0 spiro atoms. The first-order valence-electron chi connectivity index (χ1n) is 22.7. The Kier molecular flexibility index (Phi) is 14.1. The zero-order valence-electron chi connectivity index (χ0n) is 38.6. The summed E-state index contributed by atoms with van der Waals surface area (Å²) in [5, 5.41) is 16.6. The van der Waals surface area contributed by atoms with Gasteiger partial charge in [0.05, 0.1) is 24.3 Å². The van der Waals surface area contributed by atoms with E-state index in [0.717, 1.165) is 45.3 Å². The van der Waals surface area contributed by atoms with Gasteiger partial charge in [-0.15, -0.1) is 0 Å². The first kappa shape index (κ1) is 46.9. The molecule has 2 aromatic carbocycles. The SMILES string of the molecule is C=CC(=O)N1CC[C@H](C(=O)N(C)[C@H](C(=O)N[C@H]2Cc3cc(O)cc(c3)-c3ccc4[nH]c(-c5cnccc5[C@H](CC)OC)c(c4c3)CC(C)(C)COC(=O)[C@@H]3CCCN(N3)C2=O)C(C)C)C1. The maximum absolute atomic E-state index is 14.7. The molecule has 5 heterocycles. The molecule has 2 saturated heterocycles. The van der Waals surface area contributed by atoms with Crippen LogP contribution in [0.4, 0.5) is 0 Å². The summed E-state index contributed by atoms with van der Waals surface area (Å²) < 4.78 is 12.0. The van der Waals surface area contributed by atoms with Crippen LogP contribution < -0.4 is 10.7 Å². The number of methoxy groups -OCH3 is 1. The van der Waals surface area contributed by atoms with E-state index in [0.29, 0.717) is 43.4 Å². The Morgan fingerprint density at radius 3 is 2.62 bits per heavy atom. The molecule has 6 bridgehead atoms. The van der Waals surface area contributed by atoms with Crippen molar-refractivity contribution in [1.82, 2.24) is 35.5 Å². The number of hydrazine groups is 1. The van der Waals surface area contributed by atoms with Crippen LogP contribution in [0.2, 0.25) is 0 Å². The topological polar surface area (TPSA) is 186 Å². The van der Waals surface area contributed by atoms with Gasteiger partial charge in [-0.05, 0) is 102 Å². The normalized spacial score (nSPS) is 21.1. The van der Waals surface area contributed by atoms with Crippen molar-refractivity contribution in [3.63, 3.8) is 0 Å². The van der Waals surface area contributed by atoms with Crippen LogP contribution in [0.1, 0.15) is 83.1 Å². The van der Waals surface area contributed by atoms with Crippen molar-refractivity contribution in [3.05, 3.63) is 84.2 Å². The molecule has 5 atom stereocenters. The molecule has 3 aliphatic heterocycles. The smallest absolute Gasteiger partial charge is 0.324 e. The second-order valence-corrected chi connectivity index (χ2v) is 18.9. The number of hydrogen-bond acceptors (Lipinski definition) is 10. The molecule has 4 aromatic rings. The van der Waals surface area contributed by atoms with E-state index < -0.39 is 47.2 Å². The number of ether oxygens (including phenoxy) is 2. The van der Waals surface area contributed by atoms with Gasteiger partial charge in [0, 0.05) is 74.5 Å². The number of aromatic amines is 1. The highest BCUT2D eigenvalue weighted by molar-refractivity contribution is 5.96. The summed E-state index contributed by atoms with van der Waals surface area (Å²) in [6.45, 7) is 14.4. The highest BCUT2D eigenvalue weighted by atomic mass is 16.5. The van der Waals surface area contributed by atoms with Crippen LogP contribution in [0.5, 0.6) is 5.75 Å². The first-order valence-corrected chi connectivity index (χ1v) is 22.7. The van der Waals surface area contributed by atoms with E-state index in [4.69, 9.17) is 9.47 Å². The number of phenolic OH excluding ortho intramolecular Hbond substituents is 1. The zero-order valence-corrected chi connectivity index (χ0v) is 38.6. The Labute approximate surface area is 380 Å². The average Bonchev–Trinajstić information content (AvgIpc) is 3.92. The van der Waals surface area contributed by atoms with E-state index >= 15 is 0 Å². The number of nitrogens with zero attached hydrogens (tertiary/aromatic N) is 4. The van der Waals surface area contributed by atoms with Crippen LogP contribution in [0, 0.1) is 17.3 Å². The van der Waals surface area contributed by atoms with Crippen LogP contribution in [0.15, 0.2) is 67.5 Å². The number of carbonyl (C=O) groups excluding carboxylic acids is 5. The molecule has 2 fully saturated rings. The second-order valence-electron chi connectivity index (χ2n) is 18.9. The lowest BCUT2D eigenvalue weighted by Gasteiger charge is -2.37. The number of amides is 4. The molecule has 65 heavy (non-hydrogen) atoms. The minimum absolute atomic E-state index is 0.0130. The minimum atomic E-state index is -1.16. The molecule has 4 amide bonds. The number of nitrogens with one attached hydrogen (secondary N) is 3. The molecule has 0 aliphatic carbocycles. The Morgan fingerprint density at radius 2 is 1.89 bits per heavy atom.